The number of piperidine rings is 1. The smallest absolute Gasteiger partial charge is 0.224 e. The minimum Gasteiger partial charge on any atom is -0.356 e. The molecule has 4 rings (SSSR count). The van der Waals surface area contributed by atoms with Crippen LogP contribution in [0.25, 0.3) is 0 Å². The zero-order valence-corrected chi connectivity index (χ0v) is 17.5. The number of carbonyl (C=O) groups is 1. The fourth-order valence-electron chi connectivity index (χ4n) is 4.76. The maximum atomic E-state index is 13.6. The standard InChI is InChI=1S/C24H31FN4O/c25-21-8-4-6-19(14-21)16-28-13-9-22-23(18-28)29(17-20-7-5-10-26-15-20)12-3-1-2-11-27-24(22)30/h4-8,10,14-15,22-23H,1-3,9,11-13,16-18H2,(H,27,30)/t22-,23-/m1/s1. The largest absolute Gasteiger partial charge is 0.356 e. The number of likely N-dealkylation sites (tertiary alicyclic amines) is 1. The highest BCUT2D eigenvalue weighted by Crippen LogP contribution is 2.27. The van der Waals surface area contributed by atoms with Gasteiger partial charge in [0.25, 0.3) is 0 Å². The number of halogens is 1. The van der Waals surface area contributed by atoms with E-state index in [0.717, 1.165) is 64.0 Å². The molecule has 2 aliphatic heterocycles. The number of nitrogens with one attached hydrogen (secondary N) is 1. The topological polar surface area (TPSA) is 48.5 Å². The molecule has 160 valence electrons. The van der Waals surface area contributed by atoms with Crippen molar-refractivity contribution in [2.24, 2.45) is 5.92 Å². The Labute approximate surface area is 178 Å². The number of benzene rings is 1. The number of rotatable bonds is 4. The van der Waals surface area contributed by atoms with Crippen molar-refractivity contribution in [3.05, 3.63) is 65.7 Å². The molecule has 3 heterocycles. The molecule has 0 spiro atoms. The lowest BCUT2D eigenvalue weighted by molar-refractivity contribution is -0.130. The van der Waals surface area contributed by atoms with Crippen LogP contribution in [-0.2, 0) is 17.9 Å². The van der Waals surface area contributed by atoms with Gasteiger partial charge in [-0.2, -0.15) is 0 Å². The van der Waals surface area contributed by atoms with E-state index in [1.165, 1.54) is 11.6 Å². The predicted octanol–water partition coefficient (Wildman–Crippen LogP) is 3.21. The van der Waals surface area contributed by atoms with E-state index in [1.807, 2.05) is 18.3 Å². The zero-order valence-electron chi connectivity index (χ0n) is 17.5. The van der Waals surface area contributed by atoms with E-state index < -0.39 is 0 Å². The summed E-state index contributed by atoms with van der Waals surface area (Å²) in [4.78, 5) is 22.1. The van der Waals surface area contributed by atoms with Crippen LogP contribution in [-0.4, -0.2) is 52.9 Å². The maximum Gasteiger partial charge on any atom is 0.224 e. The minimum absolute atomic E-state index is 0.0106. The van der Waals surface area contributed by atoms with Gasteiger partial charge in [-0.15, -0.1) is 0 Å². The van der Waals surface area contributed by atoms with E-state index in [9.17, 15) is 9.18 Å². The Morgan fingerprint density at radius 3 is 2.80 bits per heavy atom. The van der Waals surface area contributed by atoms with Crippen molar-refractivity contribution >= 4 is 5.91 Å². The Morgan fingerprint density at radius 1 is 1.07 bits per heavy atom. The molecule has 0 saturated carbocycles. The van der Waals surface area contributed by atoms with Gasteiger partial charge < -0.3 is 5.32 Å². The van der Waals surface area contributed by atoms with Gasteiger partial charge in [0.1, 0.15) is 5.82 Å². The van der Waals surface area contributed by atoms with Crippen molar-refractivity contribution in [1.29, 1.82) is 0 Å². The summed E-state index contributed by atoms with van der Waals surface area (Å²) in [5, 5.41) is 3.16. The lowest BCUT2D eigenvalue weighted by Crippen LogP contribution is -2.56. The summed E-state index contributed by atoms with van der Waals surface area (Å²) in [7, 11) is 0. The van der Waals surface area contributed by atoms with Gasteiger partial charge in [0.15, 0.2) is 0 Å². The maximum absolute atomic E-state index is 13.6. The number of amides is 1. The minimum atomic E-state index is -0.196. The Bertz CT molecular complexity index is 831. The molecule has 0 radical (unpaired) electrons. The molecule has 1 N–H and O–H groups in total. The highest BCUT2D eigenvalue weighted by Gasteiger charge is 2.37. The van der Waals surface area contributed by atoms with E-state index in [0.29, 0.717) is 6.54 Å². The van der Waals surface area contributed by atoms with Gasteiger partial charge in [0.2, 0.25) is 5.91 Å². The fourth-order valence-corrected chi connectivity index (χ4v) is 4.76. The SMILES string of the molecule is O=C1NCCCCCN(Cc2cccnc2)[C@@H]2CN(Cc3cccc(F)c3)CC[C@@H]12. The van der Waals surface area contributed by atoms with Gasteiger partial charge in [-0.1, -0.05) is 24.6 Å². The van der Waals surface area contributed by atoms with Crippen LogP contribution in [0.15, 0.2) is 48.8 Å². The number of pyridine rings is 1. The molecule has 0 aliphatic carbocycles. The van der Waals surface area contributed by atoms with Crippen LogP contribution in [0.2, 0.25) is 0 Å². The van der Waals surface area contributed by atoms with E-state index in [4.69, 9.17) is 0 Å². The number of hydrogen-bond acceptors (Lipinski definition) is 4. The second-order valence-electron chi connectivity index (χ2n) is 8.51. The third kappa shape index (κ3) is 5.43. The molecule has 1 aromatic heterocycles. The Balaban J connectivity index is 1.54. The summed E-state index contributed by atoms with van der Waals surface area (Å²) in [6.07, 6.45) is 7.83. The second kappa shape index (κ2) is 10.1. The van der Waals surface area contributed by atoms with Crippen molar-refractivity contribution in [2.75, 3.05) is 26.2 Å². The molecule has 2 aliphatic rings. The molecule has 2 fully saturated rings. The summed E-state index contributed by atoms with van der Waals surface area (Å²) in [6, 6.07) is 11.1. The third-order valence-electron chi connectivity index (χ3n) is 6.30. The third-order valence-corrected chi connectivity index (χ3v) is 6.30. The first-order valence-electron chi connectivity index (χ1n) is 11.1. The number of nitrogens with zero attached hydrogens (tertiary/aromatic N) is 3. The van der Waals surface area contributed by atoms with Crippen molar-refractivity contribution in [3.8, 4) is 0 Å². The lowest BCUT2D eigenvalue weighted by Gasteiger charge is -2.44. The zero-order chi connectivity index (χ0) is 20.8. The number of aromatic nitrogens is 1. The van der Waals surface area contributed by atoms with Crippen molar-refractivity contribution in [1.82, 2.24) is 20.1 Å². The lowest BCUT2D eigenvalue weighted by atomic mass is 9.88. The van der Waals surface area contributed by atoms with Crippen molar-refractivity contribution in [3.63, 3.8) is 0 Å². The first-order valence-corrected chi connectivity index (χ1v) is 11.1. The normalized spacial score (nSPS) is 24.1. The molecule has 1 aromatic carbocycles. The van der Waals surface area contributed by atoms with Crippen LogP contribution in [0.4, 0.5) is 4.39 Å². The van der Waals surface area contributed by atoms with Gasteiger partial charge in [-0.3, -0.25) is 19.6 Å². The second-order valence-corrected chi connectivity index (χ2v) is 8.51. The van der Waals surface area contributed by atoms with Crippen LogP contribution < -0.4 is 5.32 Å². The van der Waals surface area contributed by atoms with Crippen LogP contribution in [0, 0.1) is 11.7 Å². The summed E-state index contributed by atoms with van der Waals surface area (Å²) >= 11 is 0. The highest BCUT2D eigenvalue weighted by molar-refractivity contribution is 5.79. The number of fused-ring (bicyclic) bond motifs is 1. The quantitative estimate of drug-likeness (QED) is 0.841. The van der Waals surface area contributed by atoms with Crippen LogP contribution >= 0.6 is 0 Å². The van der Waals surface area contributed by atoms with Crippen molar-refractivity contribution < 1.29 is 9.18 Å². The number of carbonyl (C=O) groups excluding carboxylic acids is 1. The molecule has 2 saturated heterocycles. The molecule has 6 heteroatoms. The van der Waals surface area contributed by atoms with Gasteiger partial charge in [-0.25, -0.2) is 4.39 Å². The summed E-state index contributed by atoms with van der Waals surface area (Å²) < 4.78 is 13.6. The molecule has 2 aromatic rings. The monoisotopic (exact) mass is 410 g/mol. The molecule has 0 bridgehead atoms. The average Bonchev–Trinajstić information content (AvgIpc) is 2.75. The van der Waals surface area contributed by atoms with Crippen LogP contribution in [0.5, 0.6) is 0 Å². The highest BCUT2D eigenvalue weighted by atomic mass is 19.1. The summed E-state index contributed by atoms with van der Waals surface area (Å²) in [5.74, 6) is -0.0225. The Kier molecular flexibility index (Phi) is 7.07. The molecule has 30 heavy (non-hydrogen) atoms. The van der Waals surface area contributed by atoms with Gasteiger partial charge >= 0.3 is 0 Å². The molecular weight excluding hydrogens is 379 g/mol. The van der Waals surface area contributed by atoms with Gasteiger partial charge in [0.05, 0.1) is 5.92 Å². The van der Waals surface area contributed by atoms with E-state index >= 15 is 0 Å². The van der Waals surface area contributed by atoms with E-state index in [1.54, 1.807) is 18.3 Å². The molecular formula is C24H31FN4O. The first kappa shape index (κ1) is 20.9. The van der Waals surface area contributed by atoms with E-state index in [-0.39, 0.29) is 23.7 Å². The Hall–Kier alpha value is -2.31. The van der Waals surface area contributed by atoms with Crippen molar-refractivity contribution in [2.45, 2.75) is 44.8 Å². The van der Waals surface area contributed by atoms with Gasteiger partial charge in [-0.05, 0) is 61.7 Å². The summed E-state index contributed by atoms with van der Waals surface area (Å²) in [6.45, 7) is 4.94. The van der Waals surface area contributed by atoms with Gasteiger partial charge in [0, 0.05) is 44.6 Å². The molecule has 2 atom stereocenters. The predicted molar refractivity (Wildman–Crippen MR) is 115 cm³/mol. The number of hydrogen-bond donors (Lipinski definition) is 1. The average molecular weight is 411 g/mol. The molecule has 5 nitrogen and oxygen atoms in total. The fraction of sp³-hybridized carbons (Fsp3) is 0.500. The van der Waals surface area contributed by atoms with Crippen LogP contribution in [0.3, 0.4) is 0 Å². The molecule has 1 amide bonds. The summed E-state index contributed by atoms with van der Waals surface area (Å²) in [5.41, 5.74) is 2.16. The molecule has 0 unspecified atom stereocenters. The Morgan fingerprint density at radius 2 is 1.97 bits per heavy atom. The first-order chi connectivity index (χ1) is 14.7. The van der Waals surface area contributed by atoms with Crippen LogP contribution in [0.1, 0.15) is 36.8 Å². The van der Waals surface area contributed by atoms with E-state index in [2.05, 4.69) is 26.2 Å².